The molecule has 0 aliphatic heterocycles. The zero-order valence-corrected chi connectivity index (χ0v) is 5.53. The molecular weight excluding hydrogens is 126 g/mol. The van der Waals surface area contributed by atoms with Gasteiger partial charge >= 0.3 is 0 Å². The summed E-state index contributed by atoms with van der Waals surface area (Å²) in [6, 6.07) is 0. The fraction of sp³-hybridized carbons (Fsp3) is 0.667. The molecule has 0 radical (unpaired) electrons. The zero-order chi connectivity index (χ0) is 6.41. The average molecular weight is 133 g/mol. The lowest BCUT2D eigenvalue weighted by Gasteiger charge is -1.92. The standard InChI is InChI=1S/C3H7N3OS/c1-4-3(8-2)5-6-7/h1-2H3,(H,4,5,7). The largest absolute Gasteiger partial charge is 0.265 e. The first kappa shape index (κ1) is 7.42. The maximum absolute atomic E-state index is 9.48. The quantitative estimate of drug-likeness (QED) is 0.247. The van der Waals surface area contributed by atoms with Crippen LogP contribution in [-0.4, -0.2) is 18.5 Å². The van der Waals surface area contributed by atoms with Gasteiger partial charge < -0.3 is 0 Å². The summed E-state index contributed by atoms with van der Waals surface area (Å²) in [4.78, 5) is 13.1. The SMILES string of the molecule is CN=C(NN=O)SC. The van der Waals surface area contributed by atoms with E-state index in [1.54, 1.807) is 13.3 Å². The van der Waals surface area contributed by atoms with Crippen LogP contribution >= 0.6 is 11.8 Å². The van der Waals surface area contributed by atoms with E-state index in [4.69, 9.17) is 0 Å². The van der Waals surface area contributed by atoms with Gasteiger partial charge in [-0.1, -0.05) is 11.8 Å². The molecule has 0 bridgehead atoms. The van der Waals surface area contributed by atoms with Crippen molar-refractivity contribution in [2.24, 2.45) is 10.3 Å². The summed E-state index contributed by atoms with van der Waals surface area (Å²) in [5.41, 5.74) is 2.16. The highest BCUT2D eigenvalue weighted by Gasteiger charge is 1.88. The molecule has 0 saturated heterocycles. The number of aliphatic imine (C=N–C) groups is 1. The number of amidine groups is 1. The lowest BCUT2D eigenvalue weighted by atomic mass is 11.2. The molecule has 5 heteroatoms. The van der Waals surface area contributed by atoms with Crippen molar-refractivity contribution in [3.05, 3.63) is 4.91 Å². The number of nitrogens with one attached hydrogen (secondary N) is 1. The number of hydrogen-bond donors (Lipinski definition) is 1. The normalized spacial score (nSPS) is 11.0. The van der Waals surface area contributed by atoms with Crippen molar-refractivity contribution in [3.8, 4) is 0 Å². The van der Waals surface area contributed by atoms with Crippen molar-refractivity contribution >= 4 is 16.9 Å². The summed E-state index contributed by atoms with van der Waals surface area (Å²) < 4.78 is 0. The van der Waals surface area contributed by atoms with Crippen molar-refractivity contribution in [1.29, 1.82) is 0 Å². The van der Waals surface area contributed by atoms with E-state index in [0.29, 0.717) is 5.17 Å². The van der Waals surface area contributed by atoms with Crippen LogP contribution in [0.15, 0.2) is 10.3 Å². The van der Waals surface area contributed by atoms with Crippen LogP contribution in [0.2, 0.25) is 0 Å². The second-order valence-corrected chi connectivity index (χ2v) is 1.73. The van der Waals surface area contributed by atoms with Gasteiger partial charge in [-0.25, -0.2) is 5.43 Å². The fourth-order valence-corrected chi connectivity index (χ4v) is 0.537. The van der Waals surface area contributed by atoms with E-state index in [9.17, 15) is 4.91 Å². The Morgan fingerprint density at radius 3 is 2.50 bits per heavy atom. The molecule has 8 heavy (non-hydrogen) atoms. The van der Waals surface area contributed by atoms with Crippen LogP contribution in [0.3, 0.4) is 0 Å². The fourth-order valence-electron chi connectivity index (χ4n) is 0.226. The Labute approximate surface area is 51.7 Å². The second-order valence-electron chi connectivity index (χ2n) is 0.936. The van der Waals surface area contributed by atoms with Gasteiger partial charge in [0.05, 0.1) is 5.29 Å². The van der Waals surface area contributed by atoms with Crippen molar-refractivity contribution < 1.29 is 0 Å². The minimum Gasteiger partial charge on any atom is -0.265 e. The first-order valence-electron chi connectivity index (χ1n) is 1.94. The van der Waals surface area contributed by atoms with E-state index >= 15 is 0 Å². The Bertz CT molecular complexity index is 103. The summed E-state index contributed by atoms with van der Waals surface area (Å²) >= 11 is 1.34. The molecule has 0 aromatic carbocycles. The molecule has 0 unspecified atom stereocenters. The third-order valence-corrected chi connectivity index (χ3v) is 1.20. The van der Waals surface area contributed by atoms with Crippen molar-refractivity contribution in [1.82, 2.24) is 5.43 Å². The number of thioether (sulfide) groups is 1. The number of nitroso groups, excluding NO2 is 1. The van der Waals surface area contributed by atoms with Gasteiger partial charge in [0, 0.05) is 7.05 Å². The summed E-state index contributed by atoms with van der Waals surface area (Å²) in [6.07, 6.45) is 1.81. The Balaban J connectivity index is 3.53. The molecule has 1 N–H and O–H groups in total. The second kappa shape index (κ2) is 4.58. The first-order chi connectivity index (χ1) is 3.85. The Morgan fingerprint density at radius 1 is 1.75 bits per heavy atom. The third-order valence-electron chi connectivity index (χ3n) is 0.538. The molecule has 0 aromatic rings. The monoisotopic (exact) mass is 133 g/mol. The molecule has 46 valence electrons. The third kappa shape index (κ3) is 2.57. The van der Waals surface area contributed by atoms with Crippen LogP contribution in [0.4, 0.5) is 0 Å². The topological polar surface area (TPSA) is 53.8 Å². The minimum absolute atomic E-state index is 0.528. The van der Waals surface area contributed by atoms with Crippen LogP contribution < -0.4 is 5.43 Å². The highest BCUT2D eigenvalue weighted by molar-refractivity contribution is 8.13. The maximum Gasteiger partial charge on any atom is 0.179 e. The van der Waals surface area contributed by atoms with Gasteiger partial charge in [0.15, 0.2) is 5.17 Å². The molecule has 0 aliphatic rings. The van der Waals surface area contributed by atoms with Crippen LogP contribution in [-0.2, 0) is 0 Å². The molecule has 0 atom stereocenters. The van der Waals surface area contributed by atoms with E-state index < -0.39 is 0 Å². The summed E-state index contributed by atoms with van der Waals surface area (Å²) in [6.45, 7) is 0. The highest BCUT2D eigenvalue weighted by Crippen LogP contribution is 1.91. The molecule has 0 heterocycles. The van der Waals surface area contributed by atoms with Gasteiger partial charge in [-0.3, -0.25) is 4.99 Å². The molecule has 0 fully saturated rings. The average Bonchev–Trinajstić information content (AvgIpc) is 1.83. The van der Waals surface area contributed by atoms with E-state index in [0.717, 1.165) is 0 Å². The van der Waals surface area contributed by atoms with Gasteiger partial charge in [0.1, 0.15) is 0 Å². The number of rotatable bonds is 1. The van der Waals surface area contributed by atoms with E-state index in [2.05, 4.69) is 15.7 Å². The van der Waals surface area contributed by atoms with Gasteiger partial charge in [-0.2, -0.15) is 0 Å². The number of hydrogen-bond acceptors (Lipinski definition) is 4. The Morgan fingerprint density at radius 2 is 2.38 bits per heavy atom. The molecular formula is C3H7N3OS. The smallest absolute Gasteiger partial charge is 0.179 e. The van der Waals surface area contributed by atoms with E-state index in [1.807, 2.05) is 0 Å². The van der Waals surface area contributed by atoms with Crippen molar-refractivity contribution in [2.45, 2.75) is 0 Å². The summed E-state index contributed by atoms with van der Waals surface area (Å²) in [5.74, 6) is 0. The molecule has 0 saturated carbocycles. The Kier molecular flexibility index (Phi) is 4.24. The van der Waals surface area contributed by atoms with Crippen molar-refractivity contribution in [2.75, 3.05) is 13.3 Å². The first-order valence-corrected chi connectivity index (χ1v) is 3.16. The molecule has 0 aliphatic carbocycles. The van der Waals surface area contributed by atoms with Gasteiger partial charge in [0.2, 0.25) is 0 Å². The lowest BCUT2D eigenvalue weighted by molar-refractivity contribution is 1.02. The van der Waals surface area contributed by atoms with Crippen LogP contribution in [0.25, 0.3) is 0 Å². The predicted molar refractivity (Wildman–Crippen MR) is 35.8 cm³/mol. The molecule has 0 aromatic heterocycles. The van der Waals surface area contributed by atoms with E-state index in [-0.39, 0.29) is 0 Å². The molecule has 0 amide bonds. The molecule has 4 nitrogen and oxygen atoms in total. The zero-order valence-electron chi connectivity index (χ0n) is 4.71. The van der Waals surface area contributed by atoms with Crippen LogP contribution in [0.5, 0.6) is 0 Å². The summed E-state index contributed by atoms with van der Waals surface area (Å²) in [5, 5.41) is 2.95. The molecule has 0 spiro atoms. The van der Waals surface area contributed by atoms with Crippen LogP contribution in [0, 0.1) is 4.91 Å². The van der Waals surface area contributed by atoms with Crippen LogP contribution in [0.1, 0.15) is 0 Å². The Hall–Kier alpha value is -0.580. The van der Waals surface area contributed by atoms with Gasteiger partial charge in [-0.15, -0.1) is 4.91 Å². The van der Waals surface area contributed by atoms with Gasteiger partial charge in [-0.05, 0) is 6.26 Å². The summed E-state index contributed by atoms with van der Waals surface area (Å²) in [7, 11) is 1.59. The maximum atomic E-state index is 9.48. The van der Waals surface area contributed by atoms with E-state index in [1.165, 1.54) is 11.8 Å². The van der Waals surface area contributed by atoms with Crippen molar-refractivity contribution in [3.63, 3.8) is 0 Å². The number of nitrogens with zero attached hydrogens (tertiary/aromatic N) is 2. The molecule has 0 rings (SSSR count). The highest BCUT2D eigenvalue weighted by atomic mass is 32.2. The van der Waals surface area contributed by atoms with Gasteiger partial charge in [0.25, 0.3) is 0 Å². The lowest BCUT2D eigenvalue weighted by Crippen LogP contribution is -2.11. The predicted octanol–water partition coefficient (Wildman–Crippen LogP) is 0.606. The minimum atomic E-state index is 0.528.